The number of fused-ring (bicyclic) bond motifs is 1. The van der Waals surface area contributed by atoms with E-state index in [0.29, 0.717) is 0 Å². The van der Waals surface area contributed by atoms with Gasteiger partial charge in [0, 0.05) is 45.7 Å². The summed E-state index contributed by atoms with van der Waals surface area (Å²) in [5.41, 5.74) is 12.4. The summed E-state index contributed by atoms with van der Waals surface area (Å²) in [7, 11) is 0. The molecule has 0 amide bonds. The highest BCUT2D eigenvalue weighted by Crippen LogP contribution is 2.36. The van der Waals surface area contributed by atoms with Gasteiger partial charge in [0.05, 0.1) is 0 Å². The second-order valence-corrected chi connectivity index (χ2v) is 14.3. The largest absolute Gasteiger partial charge is 0.649 e. The van der Waals surface area contributed by atoms with Crippen LogP contribution >= 0.6 is 0 Å². The Balaban J connectivity index is 0.000000355. The first-order chi connectivity index (χ1) is 29.7. The third kappa shape index (κ3) is 9.99. The van der Waals surface area contributed by atoms with Gasteiger partial charge in [-0.1, -0.05) is 164 Å². The van der Waals surface area contributed by atoms with Crippen LogP contribution in [0, 0.1) is 0 Å². The number of rotatable bonds is 11. The van der Waals surface area contributed by atoms with Crippen molar-refractivity contribution in [3.63, 3.8) is 0 Å². The molecule has 1 aromatic heterocycles. The third-order valence-electron chi connectivity index (χ3n) is 9.98. The van der Waals surface area contributed by atoms with Crippen LogP contribution in [0.3, 0.4) is 0 Å². The maximum atomic E-state index is 5.19. The van der Waals surface area contributed by atoms with Gasteiger partial charge in [-0.15, -0.1) is 0 Å². The number of hydrogen-bond acceptors (Lipinski definition) is 4. The minimum absolute atomic E-state index is 0.839. The van der Waals surface area contributed by atoms with Gasteiger partial charge in [0.2, 0.25) is 0 Å². The van der Waals surface area contributed by atoms with Crippen LogP contribution in [0.4, 0.5) is 34.1 Å². The van der Waals surface area contributed by atoms with Crippen molar-refractivity contribution in [1.29, 1.82) is 0 Å². The van der Waals surface area contributed by atoms with Gasteiger partial charge in [-0.2, -0.15) is 0 Å². The van der Waals surface area contributed by atoms with Crippen molar-refractivity contribution in [3.8, 4) is 5.75 Å². The molecule has 0 N–H and O–H groups in total. The lowest BCUT2D eigenvalue weighted by molar-refractivity contribution is 0.622. The van der Waals surface area contributed by atoms with Gasteiger partial charge in [-0.05, 0) is 107 Å². The zero-order valence-electron chi connectivity index (χ0n) is 33.2. The highest BCUT2D eigenvalue weighted by molar-refractivity contribution is 6.01. The van der Waals surface area contributed by atoms with Crippen LogP contribution in [0.5, 0.6) is 5.75 Å². The number of anilines is 6. The molecule has 5 heteroatoms. The fraction of sp³-hybridized carbons (Fsp3) is 0. The molecule has 4 nitrogen and oxygen atoms in total. The van der Waals surface area contributed by atoms with Crippen molar-refractivity contribution in [1.82, 2.24) is 4.98 Å². The predicted molar refractivity (Wildman–Crippen MR) is 256 cm³/mol. The van der Waals surface area contributed by atoms with E-state index in [1.807, 2.05) is 30.3 Å². The molecular formula is C55H43AlN3O. The Morgan fingerprint density at radius 3 is 1.00 bits per heavy atom. The Bertz CT molecular complexity index is 2520. The predicted octanol–water partition coefficient (Wildman–Crippen LogP) is 14.4. The third-order valence-corrected chi connectivity index (χ3v) is 10.3. The second kappa shape index (κ2) is 19.8. The van der Waals surface area contributed by atoms with E-state index >= 15 is 0 Å². The highest BCUT2D eigenvalue weighted by Gasteiger charge is 2.12. The van der Waals surface area contributed by atoms with Crippen LogP contribution in [0.25, 0.3) is 35.2 Å². The maximum Gasteiger partial charge on any atom is 0.494 e. The lowest BCUT2D eigenvalue weighted by atomic mass is 10.1. The molecule has 8 aromatic carbocycles. The lowest BCUT2D eigenvalue weighted by Gasteiger charge is -2.25. The summed E-state index contributed by atoms with van der Waals surface area (Å²) in [6.45, 7) is 0. The summed E-state index contributed by atoms with van der Waals surface area (Å²) in [5, 5.41) is 1.11. The van der Waals surface area contributed by atoms with Crippen LogP contribution in [-0.4, -0.2) is 21.6 Å². The molecule has 60 heavy (non-hydrogen) atoms. The second-order valence-electron chi connectivity index (χ2n) is 14.0. The minimum atomic E-state index is 0.839. The molecule has 0 aliphatic rings. The van der Waals surface area contributed by atoms with Crippen LogP contribution < -0.4 is 13.6 Å². The summed E-state index contributed by atoms with van der Waals surface area (Å²) in [6.07, 6.45) is 10.4. The lowest BCUT2D eigenvalue weighted by Crippen LogP contribution is -2.09. The smallest absolute Gasteiger partial charge is 0.494 e. The van der Waals surface area contributed by atoms with Crippen LogP contribution in [0.2, 0.25) is 0 Å². The zero-order valence-corrected chi connectivity index (χ0v) is 34.6. The summed E-state index contributed by atoms with van der Waals surface area (Å²) < 4.78 is 5.19. The van der Waals surface area contributed by atoms with Gasteiger partial charge >= 0.3 is 16.6 Å². The summed E-state index contributed by atoms with van der Waals surface area (Å²) in [5.74, 6) is 0.839. The van der Waals surface area contributed by atoms with Crippen LogP contribution in [0.1, 0.15) is 22.3 Å². The topological polar surface area (TPSA) is 28.6 Å². The Hall–Kier alpha value is -7.42. The molecule has 287 valence electrons. The first kappa shape index (κ1) is 39.4. The molecule has 0 bridgehead atoms. The van der Waals surface area contributed by atoms with Crippen LogP contribution in [0.15, 0.2) is 231 Å². The molecule has 1 radical (unpaired) electrons. The molecule has 9 aromatic rings. The maximum absolute atomic E-state index is 5.19. The molecule has 0 saturated heterocycles. The Morgan fingerprint density at radius 1 is 0.333 bits per heavy atom. The summed E-state index contributed by atoms with van der Waals surface area (Å²) >= 11 is 1.47. The van der Waals surface area contributed by atoms with Crippen molar-refractivity contribution in [2.75, 3.05) is 9.80 Å². The van der Waals surface area contributed by atoms with Crippen molar-refractivity contribution >= 4 is 86.0 Å². The average Bonchev–Trinajstić information content (AvgIpc) is 3.33. The molecular weight excluding hydrogens is 746 g/mol. The van der Waals surface area contributed by atoms with Gasteiger partial charge in [-0.25, -0.2) is 0 Å². The van der Waals surface area contributed by atoms with Gasteiger partial charge in [-0.3, -0.25) is 4.98 Å². The molecule has 0 aliphatic heterocycles. The molecule has 0 saturated carbocycles. The number of aromatic nitrogens is 1. The van der Waals surface area contributed by atoms with E-state index in [-0.39, 0.29) is 0 Å². The molecule has 9 rings (SSSR count). The van der Waals surface area contributed by atoms with E-state index in [1.54, 1.807) is 6.20 Å². The van der Waals surface area contributed by atoms with E-state index < -0.39 is 0 Å². The van der Waals surface area contributed by atoms with Gasteiger partial charge < -0.3 is 13.6 Å². The quantitative estimate of drug-likeness (QED) is 0.0964. The van der Waals surface area contributed by atoms with E-state index in [0.717, 1.165) is 73.0 Å². The Morgan fingerprint density at radius 2 is 0.650 bits per heavy atom. The van der Waals surface area contributed by atoms with E-state index in [2.05, 4.69) is 233 Å². The fourth-order valence-electron chi connectivity index (χ4n) is 6.97. The number of benzene rings is 8. The van der Waals surface area contributed by atoms with E-state index in [4.69, 9.17) is 3.79 Å². The molecule has 0 spiro atoms. The number of nitrogens with zero attached hydrogens (tertiary/aromatic N) is 3. The number of hydrogen-bond donors (Lipinski definition) is 0. The van der Waals surface area contributed by atoms with E-state index in [9.17, 15) is 0 Å². The average molecular weight is 789 g/mol. The van der Waals surface area contributed by atoms with Crippen molar-refractivity contribution in [3.05, 3.63) is 253 Å². The minimum Gasteiger partial charge on any atom is -0.649 e. The standard InChI is InChI=1S/C46H36N2.C9H7NO.Al.H/c1-5-13-41(14-6-1)47(42-15-7-2-8-16-42)45-33-29-39(30-34-45)27-25-37-21-23-38(24-22-37)26-28-40-31-35-46(36-32-40)48(43-17-9-3-10-18-43)44-19-11-4-12-20-44;11-8-5-1-3-7-4-2-6-10-9(7)8;;/h1-36H;1-6,11H;;/q;;+1;/p-1/b27-25+,28-26+;;;. The van der Waals surface area contributed by atoms with Crippen molar-refractivity contribution < 1.29 is 3.79 Å². The fourth-order valence-corrected chi connectivity index (χ4v) is 7.20. The normalized spacial score (nSPS) is 10.9. The van der Waals surface area contributed by atoms with Gasteiger partial charge in [0.25, 0.3) is 0 Å². The van der Waals surface area contributed by atoms with Gasteiger partial charge in [0.15, 0.2) is 0 Å². The monoisotopic (exact) mass is 788 g/mol. The molecule has 1 heterocycles. The summed E-state index contributed by atoms with van der Waals surface area (Å²) in [6, 6.07) is 77.9. The Labute approximate surface area is 361 Å². The highest BCUT2D eigenvalue weighted by atomic mass is 27.1. The molecule has 0 atom stereocenters. The SMILES string of the molecule is C(=C\c1ccc(N(c2ccccc2)c2ccccc2)cc1)/c1ccc(/C=C/c2ccc(N(c3ccccc3)c3ccccc3)cc2)cc1.[AlH][O]c1cccc2cccnc12. The zero-order chi connectivity index (χ0) is 40.8. The number of para-hydroxylation sites is 5. The summed E-state index contributed by atoms with van der Waals surface area (Å²) in [4.78, 5) is 8.78. The number of pyridine rings is 1. The first-order valence-electron chi connectivity index (χ1n) is 19.9. The molecule has 0 fully saturated rings. The van der Waals surface area contributed by atoms with E-state index in [1.165, 1.54) is 16.6 Å². The Kier molecular flexibility index (Phi) is 13.0. The van der Waals surface area contributed by atoms with Crippen molar-refractivity contribution in [2.24, 2.45) is 0 Å². The molecule has 0 unspecified atom stereocenters. The van der Waals surface area contributed by atoms with Crippen molar-refractivity contribution in [2.45, 2.75) is 0 Å². The van der Waals surface area contributed by atoms with Gasteiger partial charge in [0.1, 0.15) is 11.3 Å². The first-order valence-corrected chi connectivity index (χ1v) is 20.5. The molecule has 0 aliphatic carbocycles. The van der Waals surface area contributed by atoms with Crippen LogP contribution in [-0.2, 0) is 0 Å².